The van der Waals surface area contributed by atoms with Crippen LogP contribution >= 0.6 is 0 Å². The number of fused-ring (bicyclic) bond motifs is 3. The Balaban J connectivity index is 1.69. The van der Waals surface area contributed by atoms with Gasteiger partial charge in [-0.15, -0.1) is 0 Å². The SMILES string of the molecule is CC(C)=CCC[C@@]1(C)Oc2ccc(-c3cccc(C(=O)O)c3)cc2[C@@H]2OCCC[C@H]21. The van der Waals surface area contributed by atoms with Crippen molar-refractivity contribution in [3.8, 4) is 16.9 Å². The average Bonchev–Trinajstić information content (AvgIpc) is 2.73. The van der Waals surface area contributed by atoms with E-state index >= 15 is 0 Å². The molecule has 2 heterocycles. The number of hydrogen-bond donors (Lipinski definition) is 1. The smallest absolute Gasteiger partial charge is 0.335 e. The van der Waals surface area contributed by atoms with Gasteiger partial charge in [0.2, 0.25) is 0 Å². The number of carboxylic acids is 1. The predicted octanol–water partition coefficient (Wildman–Crippen LogP) is 6.42. The molecule has 2 aliphatic rings. The molecule has 2 aromatic carbocycles. The summed E-state index contributed by atoms with van der Waals surface area (Å²) in [5.74, 6) is 0.279. The van der Waals surface area contributed by atoms with Crippen LogP contribution in [0.3, 0.4) is 0 Å². The molecule has 4 rings (SSSR count). The molecule has 4 heteroatoms. The molecule has 0 unspecified atom stereocenters. The van der Waals surface area contributed by atoms with Gasteiger partial charge in [-0.1, -0.05) is 29.8 Å². The largest absolute Gasteiger partial charge is 0.487 e. The highest BCUT2D eigenvalue weighted by molar-refractivity contribution is 5.89. The molecule has 1 N–H and O–H groups in total. The van der Waals surface area contributed by atoms with Gasteiger partial charge in [-0.3, -0.25) is 0 Å². The molecular weight excluding hydrogens is 376 g/mol. The zero-order valence-electron chi connectivity index (χ0n) is 18.0. The van der Waals surface area contributed by atoms with Gasteiger partial charge < -0.3 is 14.6 Å². The first kappa shape index (κ1) is 20.7. The van der Waals surface area contributed by atoms with Crippen molar-refractivity contribution in [1.29, 1.82) is 0 Å². The van der Waals surface area contributed by atoms with Crippen LogP contribution in [-0.2, 0) is 4.74 Å². The molecule has 3 atom stereocenters. The number of carboxylic acid groups (broad SMARTS) is 1. The number of ether oxygens (including phenoxy) is 2. The maximum absolute atomic E-state index is 11.4. The molecule has 0 bridgehead atoms. The van der Waals surface area contributed by atoms with Crippen LogP contribution in [0, 0.1) is 5.92 Å². The lowest BCUT2D eigenvalue weighted by atomic mass is 9.73. The molecule has 0 amide bonds. The maximum Gasteiger partial charge on any atom is 0.335 e. The van der Waals surface area contributed by atoms with Gasteiger partial charge in [0.1, 0.15) is 11.4 Å². The van der Waals surface area contributed by atoms with Gasteiger partial charge in [-0.2, -0.15) is 0 Å². The molecule has 1 saturated heterocycles. The quantitative estimate of drug-likeness (QED) is 0.582. The van der Waals surface area contributed by atoms with Gasteiger partial charge in [0.15, 0.2) is 0 Å². The molecule has 2 aromatic rings. The minimum absolute atomic E-state index is 0.0156. The Kier molecular flexibility index (Phi) is 5.70. The second kappa shape index (κ2) is 8.27. The Hall–Kier alpha value is -2.59. The number of hydrogen-bond acceptors (Lipinski definition) is 3. The number of rotatable bonds is 5. The number of carbonyl (C=O) groups is 1. The summed E-state index contributed by atoms with van der Waals surface area (Å²) in [6.07, 6.45) is 6.40. The van der Waals surface area contributed by atoms with E-state index in [0.717, 1.165) is 54.7 Å². The third kappa shape index (κ3) is 4.01. The van der Waals surface area contributed by atoms with Gasteiger partial charge in [-0.05, 0) is 81.8 Å². The van der Waals surface area contributed by atoms with Gasteiger partial charge in [0.05, 0.1) is 11.7 Å². The van der Waals surface area contributed by atoms with Gasteiger partial charge in [-0.25, -0.2) is 4.79 Å². The van der Waals surface area contributed by atoms with Gasteiger partial charge >= 0.3 is 5.97 Å². The van der Waals surface area contributed by atoms with E-state index in [9.17, 15) is 9.90 Å². The first-order valence-corrected chi connectivity index (χ1v) is 10.8. The fraction of sp³-hybridized carbons (Fsp3) is 0.423. The average molecular weight is 407 g/mol. The zero-order chi connectivity index (χ0) is 21.3. The Bertz CT molecular complexity index is 973. The lowest BCUT2D eigenvalue weighted by molar-refractivity contribution is -0.126. The lowest BCUT2D eigenvalue weighted by Gasteiger charge is -2.48. The van der Waals surface area contributed by atoms with Crippen LogP contribution in [-0.4, -0.2) is 23.3 Å². The van der Waals surface area contributed by atoms with Crippen molar-refractivity contribution in [3.63, 3.8) is 0 Å². The van der Waals surface area contributed by atoms with E-state index in [0.29, 0.717) is 11.5 Å². The van der Waals surface area contributed by atoms with Crippen molar-refractivity contribution in [2.45, 2.75) is 58.2 Å². The summed E-state index contributed by atoms with van der Waals surface area (Å²) in [5, 5.41) is 9.32. The standard InChI is InChI=1S/C26H30O4/c1-17(2)7-5-13-26(3)22-10-6-14-29-24(22)21-16-19(11-12-23(21)30-26)18-8-4-9-20(15-18)25(27)28/h4,7-9,11-12,15-16,22,24H,5-6,10,13-14H2,1-3H3,(H,27,28)/t22-,24+,26-/m1/s1. The summed E-state index contributed by atoms with van der Waals surface area (Å²) < 4.78 is 12.9. The molecule has 2 aliphatic heterocycles. The van der Waals surface area contributed by atoms with Crippen molar-refractivity contribution in [2.75, 3.05) is 6.61 Å². The predicted molar refractivity (Wildman–Crippen MR) is 118 cm³/mol. The van der Waals surface area contributed by atoms with Crippen LogP contribution in [0.25, 0.3) is 11.1 Å². The summed E-state index contributed by atoms with van der Waals surface area (Å²) in [6.45, 7) is 7.26. The Morgan fingerprint density at radius 1 is 1.20 bits per heavy atom. The van der Waals surface area contributed by atoms with E-state index in [1.807, 2.05) is 18.2 Å². The van der Waals surface area contributed by atoms with E-state index in [1.165, 1.54) is 5.57 Å². The normalized spacial score (nSPS) is 24.9. The second-order valence-corrected chi connectivity index (χ2v) is 8.91. The molecule has 0 saturated carbocycles. The monoisotopic (exact) mass is 406 g/mol. The van der Waals surface area contributed by atoms with Crippen molar-refractivity contribution >= 4 is 5.97 Å². The lowest BCUT2D eigenvalue weighted by Crippen LogP contribution is -2.49. The van der Waals surface area contributed by atoms with Gasteiger partial charge in [0, 0.05) is 18.1 Å². The molecular formula is C26H30O4. The third-order valence-corrected chi connectivity index (χ3v) is 6.40. The molecule has 4 nitrogen and oxygen atoms in total. The minimum Gasteiger partial charge on any atom is -0.487 e. The van der Waals surface area contributed by atoms with Crippen molar-refractivity contribution < 1.29 is 19.4 Å². The molecule has 0 radical (unpaired) electrons. The second-order valence-electron chi connectivity index (χ2n) is 8.91. The highest BCUT2D eigenvalue weighted by Gasteiger charge is 2.48. The summed E-state index contributed by atoms with van der Waals surface area (Å²) in [6, 6.07) is 13.2. The van der Waals surface area contributed by atoms with E-state index in [2.05, 4.69) is 32.9 Å². The zero-order valence-corrected chi connectivity index (χ0v) is 18.0. The van der Waals surface area contributed by atoms with Crippen LogP contribution in [0.2, 0.25) is 0 Å². The van der Waals surface area contributed by atoms with E-state index in [4.69, 9.17) is 9.47 Å². The van der Waals surface area contributed by atoms with Crippen LogP contribution in [0.4, 0.5) is 0 Å². The topological polar surface area (TPSA) is 55.8 Å². The first-order valence-electron chi connectivity index (χ1n) is 10.8. The molecule has 1 fully saturated rings. The number of benzene rings is 2. The molecule has 158 valence electrons. The fourth-order valence-corrected chi connectivity index (χ4v) is 4.80. The van der Waals surface area contributed by atoms with E-state index in [1.54, 1.807) is 18.2 Å². The summed E-state index contributed by atoms with van der Waals surface area (Å²) in [4.78, 5) is 11.4. The molecule has 0 aromatic heterocycles. The Morgan fingerprint density at radius 2 is 2.00 bits per heavy atom. The highest BCUT2D eigenvalue weighted by Crippen LogP contribution is 2.51. The Labute approximate surface area is 178 Å². The molecule has 0 spiro atoms. The highest BCUT2D eigenvalue weighted by atomic mass is 16.5. The number of aromatic carboxylic acids is 1. The van der Waals surface area contributed by atoms with Crippen molar-refractivity contribution in [1.82, 2.24) is 0 Å². The molecule has 30 heavy (non-hydrogen) atoms. The maximum atomic E-state index is 11.4. The van der Waals surface area contributed by atoms with Crippen molar-refractivity contribution in [2.24, 2.45) is 5.92 Å². The minimum atomic E-state index is -0.916. The van der Waals surface area contributed by atoms with Crippen LogP contribution in [0.5, 0.6) is 5.75 Å². The van der Waals surface area contributed by atoms with Crippen LogP contribution in [0.15, 0.2) is 54.1 Å². The van der Waals surface area contributed by atoms with Crippen LogP contribution < -0.4 is 4.74 Å². The fourth-order valence-electron chi connectivity index (χ4n) is 4.80. The third-order valence-electron chi connectivity index (χ3n) is 6.40. The van der Waals surface area contributed by atoms with Crippen LogP contribution in [0.1, 0.15) is 68.5 Å². The Morgan fingerprint density at radius 3 is 2.77 bits per heavy atom. The summed E-state index contributed by atoms with van der Waals surface area (Å²) >= 11 is 0. The summed E-state index contributed by atoms with van der Waals surface area (Å²) in [5.41, 5.74) is 4.33. The van der Waals surface area contributed by atoms with E-state index < -0.39 is 5.97 Å². The first-order chi connectivity index (χ1) is 14.4. The summed E-state index contributed by atoms with van der Waals surface area (Å²) in [7, 11) is 0. The van der Waals surface area contributed by atoms with Crippen molar-refractivity contribution in [3.05, 3.63) is 65.2 Å². The molecule has 0 aliphatic carbocycles. The van der Waals surface area contributed by atoms with Gasteiger partial charge in [0.25, 0.3) is 0 Å². The number of allylic oxidation sites excluding steroid dienone is 2. The van der Waals surface area contributed by atoms with E-state index in [-0.39, 0.29) is 11.7 Å².